The van der Waals surface area contributed by atoms with Crippen LogP contribution in [-0.2, 0) is 4.79 Å². The summed E-state index contributed by atoms with van der Waals surface area (Å²) in [5, 5.41) is 12.2. The molecule has 1 aromatic rings. The number of nitriles is 1. The summed E-state index contributed by atoms with van der Waals surface area (Å²) in [6, 6.07) is 8.33. The summed E-state index contributed by atoms with van der Waals surface area (Å²) in [7, 11) is 1.90. The predicted octanol–water partition coefficient (Wildman–Crippen LogP) is 2.55. The first kappa shape index (κ1) is 15.4. The van der Waals surface area contributed by atoms with Gasteiger partial charge >= 0.3 is 0 Å². The Morgan fingerprint density at radius 2 is 2.14 bits per heavy atom. The largest absolute Gasteiger partial charge is 0.365 e. The molecule has 4 nitrogen and oxygen atoms in total. The average molecular weight is 285 g/mol. The van der Waals surface area contributed by atoms with Gasteiger partial charge in [0, 0.05) is 12.7 Å². The number of amides is 1. The fraction of sp³-hybridized carbons (Fsp3) is 0.529. The van der Waals surface area contributed by atoms with Crippen molar-refractivity contribution in [1.29, 1.82) is 5.26 Å². The van der Waals surface area contributed by atoms with E-state index in [0.29, 0.717) is 5.92 Å². The molecule has 1 aliphatic rings. The number of likely N-dealkylation sites (N-methyl/N-ethyl adjacent to an activating group) is 1. The fourth-order valence-corrected chi connectivity index (χ4v) is 2.66. The molecule has 0 radical (unpaired) electrons. The molecule has 112 valence electrons. The molecule has 1 fully saturated rings. The van der Waals surface area contributed by atoms with Crippen LogP contribution in [0.4, 0.5) is 5.69 Å². The van der Waals surface area contributed by atoms with Crippen LogP contribution in [0.2, 0.25) is 0 Å². The molecular weight excluding hydrogens is 262 g/mol. The van der Waals surface area contributed by atoms with E-state index in [1.54, 1.807) is 0 Å². The summed E-state index contributed by atoms with van der Waals surface area (Å²) in [5.74, 6) is 0.201. The fourth-order valence-electron chi connectivity index (χ4n) is 2.66. The summed E-state index contributed by atoms with van der Waals surface area (Å²) in [6.45, 7) is 6.20. The maximum Gasteiger partial charge on any atom is 0.240 e. The topological polar surface area (TPSA) is 56.1 Å². The molecule has 4 heteroatoms. The third-order valence-electron chi connectivity index (χ3n) is 4.39. The van der Waals surface area contributed by atoms with Crippen molar-refractivity contribution >= 4 is 11.6 Å². The lowest BCUT2D eigenvalue weighted by Gasteiger charge is -2.26. The first-order valence-corrected chi connectivity index (χ1v) is 7.37. The Labute approximate surface area is 126 Å². The molecule has 0 saturated heterocycles. The number of carbonyl (C=O) groups excluding carboxylic acids is 1. The molecule has 0 heterocycles. The van der Waals surface area contributed by atoms with Crippen molar-refractivity contribution in [3.05, 3.63) is 29.3 Å². The number of hydrogen-bond donors (Lipinski definition) is 1. The van der Waals surface area contributed by atoms with Crippen molar-refractivity contribution < 1.29 is 4.79 Å². The third kappa shape index (κ3) is 3.36. The number of rotatable bonds is 5. The number of hydrogen-bond acceptors (Lipinski definition) is 3. The van der Waals surface area contributed by atoms with E-state index in [-0.39, 0.29) is 12.5 Å². The zero-order valence-corrected chi connectivity index (χ0v) is 13.2. The van der Waals surface area contributed by atoms with Crippen molar-refractivity contribution in [3.63, 3.8) is 0 Å². The maximum atomic E-state index is 12.2. The van der Waals surface area contributed by atoms with Crippen LogP contribution in [0.15, 0.2) is 18.2 Å². The van der Waals surface area contributed by atoms with Gasteiger partial charge in [-0.1, -0.05) is 12.1 Å². The Morgan fingerprint density at radius 3 is 2.71 bits per heavy atom. The Hall–Kier alpha value is -2.02. The van der Waals surface area contributed by atoms with Crippen molar-refractivity contribution in [2.75, 3.05) is 18.5 Å². The normalized spacial score (nSPS) is 16.7. The monoisotopic (exact) mass is 285 g/mol. The molecular formula is C17H23N3O. The molecule has 1 N–H and O–H groups in total. The van der Waals surface area contributed by atoms with Crippen LogP contribution in [0, 0.1) is 31.1 Å². The van der Waals surface area contributed by atoms with Crippen LogP contribution in [0.5, 0.6) is 0 Å². The van der Waals surface area contributed by atoms with E-state index in [4.69, 9.17) is 0 Å². The molecule has 1 aromatic carbocycles. The number of benzene rings is 1. The number of nitrogens with one attached hydrogen (secondary N) is 1. The zero-order valence-electron chi connectivity index (χ0n) is 13.2. The summed E-state index contributed by atoms with van der Waals surface area (Å²) in [4.78, 5) is 14.2. The summed E-state index contributed by atoms with van der Waals surface area (Å²) >= 11 is 0. The smallest absolute Gasteiger partial charge is 0.240 e. The minimum atomic E-state index is -0.723. The highest BCUT2D eigenvalue weighted by Gasteiger charge is 2.43. The molecule has 0 aliphatic heterocycles. The van der Waals surface area contributed by atoms with Gasteiger partial charge in [0.25, 0.3) is 0 Å². The Balaban J connectivity index is 2.02. The molecule has 0 aromatic heterocycles. The quantitative estimate of drug-likeness (QED) is 0.904. The third-order valence-corrected chi connectivity index (χ3v) is 4.39. The molecule has 1 atom stereocenters. The number of carbonyl (C=O) groups is 1. The molecule has 1 aliphatic carbocycles. The molecule has 1 saturated carbocycles. The van der Waals surface area contributed by atoms with Gasteiger partial charge in [0.1, 0.15) is 5.54 Å². The molecule has 0 unspecified atom stereocenters. The highest BCUT2D eigenvalue weighted by atomic mass is 16.2. The van der Waals surface area contributed by atoms with E-state index in [2.05, 4.69) is 31.3 Å². The van der Waals surface area contributed by atoms with Crippen LogP contribution in [0.25, 0.3) is 0 Å². The second-order valence-electron chi connectivity index (χ2n) is 6.21. The van der Waals surface area contributed by atoms with Gasteiger partial charge in [-0.3, -0.25) is 4.79 Å². The maximum absolute atomic E-state index is 12.2. The lowest BCUT2D eigenvalue weighted by atomic mass is 9.98. The van der Waals surface area contributed by atoms with Crippen molar-refractivity contribution in [2.24, 2.45) is 5.92 Å². The lowest BCUT2D eigenvalue weighted by Crippen LogP contribution is -2.49. The summed E-state index contributed by atoms with van der Waals surface area (Å²) in [5.41, 5.74) is 2.72. The van der Waals surface area contributed by atoms with E-state index in [0.717, 1.165) is 18.5 Å². The first-order valence-electron chi connectivity index (χ1n) is 7.37. The molecule has 0 bridgehead atoms. The van der Waals surface area contributed by atoms with Gasteiger partial charge in [-0.25, -0.2) is 0 Å². The number of anilines is 1. The summed E-state index contributed by atoms with van der Waals surface area (Å²) < 4.78 is 0. The molecule has 2 rings (SSSR count). The Morgan fingerprint density at radius 1 is 1.48 bits per heavy atom. The predicted molar refractivity (Wildman–Crippen MR) is 84.1 cm³/mol. The van der Waals surface area contributed by atoms with Crippen LogP contribution in [0.1, 0.15) is 30.9 Å². The molecule has 1 amide bonds. The highest BCUT2D eigenvalue weighted by molar-refractivity contribution is 5.82. The van der Waals surface area contributed by atoms with Crippen molar-refractivity contribution in [1.82, 2.24) is 5.32 Å². The second-order valence-corrected chi connectivity index (χ2v) is 6.21. The van der Waals surface area contributed by atoms with Crippen LogP contribution in [-0.4, -0.2) is 25.0 Å². The number of aryl methyl sites for hydroxylation is 1. The van der Waals surface area contributed by atoms with Gasteiger partial charge in [-0.2, -0.15) is 5.26 Å². The van der Waals surface area contributed by atoms with E-state index >= 15 is 0 Å². The van der Waals surface area contributed by atoms with E-state index in [1.807, 2.05) is 31.0 Å². The van der Waals surface area contributed by atoms with Crippen LogP contribution < -0.4 is 10.2 Å². The van der Waals surface area contributed by atoms with Gasteiger partial charge in [-0.15, -0.1) is 0 Å². The first-order chi connectivity index (χ1) is 9.87. The van der Waals surface area contributed by atoms with E-state index in [9.17, 15) is 10.1 Å². The van der Waals surface area contributed by atoms with E-state index < -0.39 is 5.54 Å². The van der Waals surface area contributed by atoms with Gasteiger partial charge in [0.05, 0.1) is 12.6 Å². The minimum Gasteiger partial charge on any atom is -0.365 e. The average Bonchev–Trinajstić information content (AvgIpc) is 3.26. The lowest BCUT2D eigenvalue weighted by molar-refractivity contribution is -0.121. The van der Waals surface area contributed by atoms with Gasteiger partial charge < -0.3 is 10.2 Å². The standard InChI is InChI=1S/C17H23N3O/c1-12-6-5-7-15(13(12)2)20(4)10-16(21)19-17(3,11-18)14-8-9-14/h5-7,14H,8-10H2,1-4H3,(H,19,21)/t17-/m0/s1. The molecule has 0 spiro atoms. The van der Waals surface area contributed by atoms with Crippen LogP contribution in [0.3, 0.4) is 0 Å². The Bertz CT molecular complexity index is 586. The second kappa shape index (κ2) is 5.77. The van der Waals surface area contributed by atoms with Gasteiger partial charge in [-0.05, 0) is 56.7 Å². The molecule has 21 heavy (non-hydrogen) atoms. The SMILES string of the molecule is Cc1cccc(N(C)CC(=O)N[C@@](C)(C#N)C2CC2)c1C. The highest BCUT2D eigenvalue weighted by Crippen LogP contribution is 2.39. The zero-order chi connectivity index (χ0) is 15.6. The van der Waals surface area contributed by atoms with E-state index in [1.165, 1.54) is 11.1 Å². The van der Waals surface area contributed by atoms with Crippen molar-refractivity contribution in [3.8, 4) is 6.07 Å². The number of nitrogens with zero attached hydrogens (tertiary/aromatic N) is 2. The van der Waals surface area contributed by atoms with Gasteiger partial charge in [0.2, 0.25) is 5.91 Å². The van der Waals surface area contributed by atoms with Crippen LogP contribution >= 0.6 is 0 Å². The summed E-state index contributed by atoms with van der Waals surface area (Å²) in [6.07, 6.45) is 2.05. The van der Waals surface area contributed by atoms with Gasteiger partial charge in [0.15, 0.2) is 0 Å². The Kier molecular flexibility index (Phi) is 4.22. The minimum absolute atomic E-state index is 0.102. The van der Waals surface area contributed by atoms with Crippen molar-refractivity contribution in [2.45, 2.75) is 39.2 Å².